The van der Waals surface area contributed by atoms with Crippen LogP contribution in [0.2, 0.25) is 0 Å². The third kappa shape index (κ3) is 4.04. The van der Waals surface area contributed by atoms with Crippen molar-refractivity contribution >= 4 is 5.82 Å². The summed E-state index contributed by atoms with van der Waals surface area (Å²) >= 11 is 0. The van der Waals surface area contributed by atoms with Crippen molar-refractivity contribution in [2.24, 2.45) is 0 Å². The maximum atomic E-state index is 12.7. The van der Waals surface area contributed by atoms with Gasteiger partial charge in [0.05, 0.1) is 5.56 Å². The summed E-state index contributed by atoms with van der Waals surface area (Å²) in [5.41, 5.74) is 0.761. The summed E-state index contributed by atoms with van der Waals surface area (Å²) in [6.07, 6.45) is 5.87. The molecular weight excluding hydrogens is 315 g/mol. The molecule has 2 aromatic rings. The Kier molecular flexibility index (Phi) is 5.02. The van der Waals surface area contributed by atoms with Crippen molar-refractivity contribution in [3.63, 3.8) is 0 Å². The molecule has 1 N–H and O–H groups in total. The van der Waals surface area contributed by atoms with Crippen molar-refractivity contribution in [3.8, 4) is 11.1 Å². The van der Waals surface area contributed by atoms with Gasteiger partial charge >= 0.3 is 6.18 Å². The first-order chi connectivity index (χ1) is 11.5. The van der Waals surface area contributed by atoms with Gasteiger partial charge in [0.2, 0.25) is 0 Å². The highest BCUT2D eigenvalue weighted by molar-refractivity contribution is 5.74. The highest BCUT2D eigenvalue weighted by Gasteiger charge is 2.30. The highest BCUT2D eigenvalue weighted by Crippen LogP contribution is 2.33. The number of aromatic nitrogens is 2. The number of halogens is 3. The zero-order valence-corrected chi connectivity index (χ0v) is 13.3. The van der Waals surface area contributed by atoms with Crippen molar-refractivity contribution in [1.29, 1.82) is 0 Å². The van der Waals surface area contributed by atoms with E-state index in [0.29, 0.717) is 17.4 Å². The van der Waals surface area contributed by atoms with Gasteiger partial charge in [-0.05, 0) is 30.5 Å². The molecule has 0 atom stereocenters. The van der Waals surface area contributed by atoms with Crippen LogP contribution in [0.4, 0.5) is 19.0 Å². The minimum atomic E-state index is -4.33. The monoisotopic (exact) mass is 335 g/mol. The zero-order chi connectivity index (χ0) is 17.0. The van der Waals surface area contributed by atoms with Crippen LogP contribution < -0.4 is 5.32 Å². The molecule has 3 nitrogen and oxygen atoms in total. The van der Waals surface area contributed by atoms with E-state index in [2.05, 4.69) is 15.3 Å². The molecule has 1 saturated carbocycles. The molecule has 1 aliphatic rings. The number of alkyl halides is 3. The van der Waals surface area contributed by atoms with Crippen LogP contribution in [-0.2, 0) is 6.18 Å². The van der Waals surface area contributed by atoms with Crippen LogP contribution in [0.15, 0.2) is 36.8 Å². The third-order valence-corrected chi connectivity index (χ3v) is 4.43. The Bertz CT molecular complexity index is 660. The minimum Gasteiger partial charge on any atom is -0.367 e. The molecule has 0 bridgehead atoms. The van der Waals surface area contributed by atoms with Gasteiger partial charge in [-0.25, -0.2) is 9.97 Å². The van der Waals surface area contributed by atoms with E-state index in [1.54, 1.807) is 6.20 Å². The molecule has 3 rings (SSSR count). The molecule has 0 radical (unpaired) electrons. The molecule has 0 amide bonds. The topological polar surface area (TPSA) is 37.8 Å². The Morgan fingerprint density at radius 1 is 0.958 bits per heavy atom. The van der Waals surface area contributed by atoms with Crippen molar-refractivity contribution in [2.45, 2.75) is 50.7 Å². The second-order valence-corrected chi connectivity index (χ2v) is 6.19. The summed E-state index contributed by atoms with van der Waals surface area (Å²) < 4.78 is 38.1. The molecule has 1 aromatic heterocycles. The van der Waals surface area contributed by atoms with Gasteiger partial charge in [-0.1, -0.05) is 37.8 Å². The van der Waals surface area contributed by atoms with E-state index in [1.807, 2.05) is 0 Å². The number of nitrogens with zero attached hydrogens (tertiary/aromatic N) is 2. The normalized spacial score (nSPS) is 16.6. The number of hydrogen-bond acceptors (Lipinski definition) is 3. The predicted octanol–water partition coefficient (Wildman–Crippen LogP) is 5.30. The SMILES string of the molecule is FC(F)(F)c1ccc(-c2cncnc2NC2CCCCCC2)cc1. The smallest absolute Gasteiger partial charge is 0.367 e. The van der Waals surface area contributed by atoms with Gasteiger partial charge in [0.25, 0.3) is 0 Å². The van der Waals surface area contributed by atoms with E-state index < -0.39 is 11.7 Å². The summed E-state index contributed by atoms with van der Waals surface area (Å²) in [7, 11) is 0. The number of rotatable bonds is 3. The Hall–Kier alpha value is -2.11. The molecule has 0 aliphatic heterocycles. The van der Waals surface area contributed by atoms with Gasteiger partial charge in [0, 0.05) is 17.8 Å². The first-order valence-corrected chi connectivity index (χ1v) is 8.28. The van der Waals surface area contributed by atoms with E-state index in [4.69, 9.17) is 0 Å². The lowest BCUT2D eigenvalue weighted by atomic mass is 10.0. The molecule has 0 unspecified atom stereocenters. The van der Waals surface area contributed by atoms with E-state index in [0.717, 1.165) is 30.5 Å². The van der Waals surface area contributed by atoms with Crippen LogP contribution in [0.25, 0.3) is 11.1 Å². The number of anilines is 1. The van der Waals surface area contributed by atoms with E-state index in [-0.39, 0.29) is 0 Å². The Labute approximate surface area is 139 Å². The Morgan fingerprint density at radius 3 is 2.25 bits per heavy atom. The number of nitrogens with one attached hydrogen (secondary N) is 1. The fraction of sp³-hybridized carbons (Fsp3) is 0.444. The first-order valence-electron chi connectivity index (χ1n) is 8.28. The Morgan fingerprint density at radius 2 is 1.62 bits per heavy atom. The van der Waals surface area contributed by atoms with Crippen LogP contribution in [0.3, 0.4) is 0 Å². The number of benzene rings is 1. The largest absolute Gasteiger partial charge is 0.416 e. The molecule has 1 aliphatic carbocycles. The quantitative estimate of drug-likeness (QED) is 0.774. The highest BCUT2D eigenvalue weighted by atomic mass is 19.4. The first kappa shape index (κ1) is 16.7. The second-order valence-electron chi connectivity index (χ2n) is 6.19. The lowest BCUT2D eigenvalue weighted by molar-refractivity contribution is -0.137. The molecule has 6 heteroatoms. The van der Waals surface area contributed by atoms with Crippen molar-refractivity contribution in [2.75, 3.05) is 5.32 Å². The van der Waals surface area contributed by atoms with Crippen LogP contribution in [-0.4, -0.2) is 16.0 Å². The summed E-state index contributed by atoms with van der Waals surface area (Å²) in [5, 5.41) is 3.46. The van der Waals surface area contributed by atoms with Crippen molar-refractivity contribution < 1.29 is 13.2 Å². The lowest BCUT2D eigenvalue weighted by Gasteiger charge is -2.19. The van der Waals surface area contributed by atoms with Crippen molar-refractivity contribution in [3.05, 3.63) is 42.4 Å². The zero-order valence-electron chi connectivity index (χ0n) is 13.3. The summed E-state index contributed by atoms with van der Waals surface area (Å²) in [6, 6.07) is 5.49. The van der Waals surface area contributed by atoms with Gasteiger partial charge in [-0.3, -0.25) is 0 Å². The van der Waals surface area contributed by atoms with E-state index in [1.165, 1.54) is 44.1 Å². The van der Waals surface area contributed by atoms with Gasteiger partial charge in [-0.15, -0.1) is 0 Å². The van der Waals surface area contributed by atoms with Crippen LogP contribution in [0.5, 0.6) is 0 Å². The standard InChI is InChI=1S/C18H20F3N3/c19-18(20,21)14-9-7-13(8-10-14)16-11-22-12-23-17(16)24-15-5-3-1-2-4-6-15/h7-12,15H,1-6H2,(H,22,23,24). The van der Waals surface area contributed by atoms with Gasteiger partial charge in [0.1, 0.15) is 12.1 Å². The van der Waals surface area contributed by atoms with Crippen LogP contribution >= 0.6 is 0 Å². The average molecular weight is 335 g/mol. The van der Waals surface area contributed by atoms with Gasteiger partial charge in [0.15, 0.2) is 0 Å². The minimum absolute atomic E-state index is 0.357. The molecule has 1 fully saturated rings. The van der Waals surface area contributed by atoms with E-state index >= 15 is 0 Å². The molecule has 24 heavy (non-hydrogen) atoms. The third-order valence-electron chi connectivity index (χ3n) is 4.43. The molecular formula is C18H20F3N3. The molecule has 0 saturated heterocycles. The van der Waals surface area contributed by atoms with Crippen molar-refractivity contribution in [1.82, 2.24) is 9.97 Å². The van der Waals surface area contributed by atoms with Gasteiger partial charge in [-0.2, -0.15) is 13.2 Å². The van der Waals surface area contributed by atoms with Crippen LogP contribution in [0.1, 0.15) is 44.1 Å². The predicted molar refractivity (Wildman–Crippen MR) is 87.6 cm³/mol. The maximum absolute atomic E-state index is 12.7. The number of hydrogen-bond donors (Lipinski definition) is 1. The lowest BCUT2D eigenvalue weighted by Crippen LogP contribution is -2.19. The maximum Gasteiger partial charge on any atom is 0.416 e. The summed E-state index contributed by atoms with van der Waals surface area (Å²) in [5.74, 6) is 0.691. The molecule has 1 heterocycles. The fourth-order valence-electron chi connectivity index (χ4n) is 3.11. The molecule has 128 valence electrons. The van der Waals surface area contributed by atoms with Gasteiger partial charge < -0.3 is 5.32 Å². The second kappa shape index (κ2) is 7.20. The average Bonchev–Trinajstić information content (AvgIpc) is 2.83. The summed E-state index contributed by atoms with van der Waals surface area (Å²) in [6.45, 7) is 0. The summed E-state index contributed by atoms with van der Waals surface area (Å²) in [4.78, 5) is 8.34. The molecule has 1 aromatic carbocycles. The Balaban J connectivity index is 1.83. The van der Waals surface area contributed by atoms with E-state index in [9.17, 15) is 13.2 Å². The van der Waals surface area contributed by atoms with Crippen LogP contribution in [0, 0.1) is 0 Å². The molecule has 0 spiro atoms. The fourth-order valence-corrected chi connectivity index (χ4v) is 3.11.